The standard InChI is InChI=1S/C21H27N3/c1-4-7-17-20-19(16-8-5-6-9-18(16)23-20)14(2)15(3)21(17)24-12-10-22-11-13-24/h5-6,8-9,22-23H,4,7,10-13H2,1-3H3. The van der Waals surface area contributed by atoms with Crippen molar-refractivity contribution in [1.29, 1.82) is 0 Å². The number of piperazine rings is 1. The summed E-state index contributed by atoms with van der Waals surface area (Å²) >= 11 is 0. The van der Waals surface area contributed by atoms with Gasteiger partial charge in [0, 0.05) is 48.2 Å². The number of aromatic nitrogens is 1. The van der Waals surface area contributed by atoms with Crippen LogP contribution in [0.4, 0.5) is 5.69 Å². The second-order valence-corrected chi connectivity index (χ2v) is 6.98. The van der Waals surface area contributed by atoms with Crippen LogP contribution in [0.1, 0.15) is 30.0 Å². The number of para-hydroxylation sites is 1. The molecule has 0 unspecified atom stereocenters. The van der Waals surface area contributed by atoms with E-state index in [0.29, 0.717) is 0 Å². The molecule has 3 aromatic rings. The highest BCUT2D eigenvalue weighted by Crippen LogP contribution is 2.40. The van der Waals surface area contributed by atoms with Crippen molar-refractivity contribution in [3.05, 3.63) is 41.0 Å². The lowest BCUT2D eigenvalue weighted by Gasteiger charge is -2.33. The van der Waals surface area contributed by atoms with Crippen LogP contribution in [0.2, 0.25) is 0 Å². The molecular weight excluding hydrogens is 294 g/mol. The fraction of sp³-hybridized carbons (Fsp3) is 0.429. The minimum atomic E-state index is 1.08. The maximum absolute atomic E-state index is 3.74. The van der Waals surface area contributed by atoms with Crippen LogP contribution in [0.5, 0.6) is 0 Å². The number of anilines is 1. The van der Waals surface area contributed by atoms with E-state index in [1.165, 1.54) is 50.6 Å². The van der Waals surface area contributed by atoms with Crippen LogP contribution in [0.3, 0.4) is 0 Å². The molecule has 1 fully saturated rings. The van der Waals surface area contributed by atoms with Gasteiger partial charge in [0.1, 0.15) is 0 Å². The van der Waals surface area contributed by atoms with Crippen LogP contribution < -0.4 is 10.2 Å². The summed E-state index contributed by atoms with van der Waals surface area (Å²) in [6, 6.07) is 8.72. The van der Waals surface area contributed by atoms with Crippen molar-refractivity contribution in [3.8, 4) is 0 Å². The Kier molecular flexibility index (Phi) is 3.97. The average Bonchev–Trinajstić information content (AvgIpc) is 3.00. The monoisotopic (exact) mass is 321 g/mol. The molecular formula is C21H27N3. The molecule has 2 heterocycles. The van der Waals surface area contributed by atoms with Crippen molar-refractivity contribution in [2.75, 3.05) is 31.1 Å². The van der Waals surface area contributed by atoms with Crippen molar-refractivity contribution in [2.45, 2.75) is 33.6 Å². The first kappa shape index (κ1) is 15.5. The van der Waals surface area contributed by atoms with Gasteiger partial charge >= 0.3 is 0 Å². The van der Waals surface area contributed by atoms with Gasteiger partial charge < -0.3 is 15.2 Å². The van der Waals surface area contributed by atoms with Gasteiger partial charge in [0.05, 0.1) is 5.52 Å². The molecule has 1 aromatic heterocycles. The average molecular weight is 321 g/mol. The van der Waals surface area contributed by atoms with Crippen LogP contribution in [0.25, 0.3) is 21.8 Å². The number of aromatic amines is 1. The molecule has 0 aliphatic carbocycles. The topological polar surface area (TPSA) is 31.1 Å². The minimum absolute atomic E-state index is 1.08. The Balaban J connectivity index is 2.06. The minimum Gasteiger partial charge on any atom is -0.368 e. The van der Waals surface area contributed by atoms with Gasteiger partial charge in [0.25, 0.3) is 0 Å². The molecule has 1 aliphatic heterocycles. The number of aryl methyl sites for hydroxylation is 2. The van der Waals surface area contributed by atoms with Crippen LogP contribution in [-0.2, 0) is 6.42 Å². The van der Waals surface area contributed by atoms with E-state index in [-0.39, 0.29) is 0 Å². The van der Waals surface area contributed by atoms with Gasteiger partial charge in [-0.05, 0) is 43.0 Å². The van der Waals surface area contributed by atoms with E-state index in [0.717, 1.165) is 32.6 Å². The summed E-state index contributed by atoms with van der Waals surface area (Å²) in [6.45, 7) is 11.2. The number of hydrogen-bond acceptors (Lipinski definition) is 2. The lowest BCUT2D eigenvalue weighted by molar-refractivity contribution is 0.587. The summed E-state index contributed by atoms with van der Waals surface area (Å²) in [6.07, 6.45) is 2.30. The molecule has 126 valence electrons. The third-order valence-electron chi connectivity index (χ3n) is 5.52. The second-order valence-electron chi connectivity index (χ2n) is 6.98. The zero-order valence-corrected chi connectivity index (χ0v) is 15.0. The highest BCUT2D eigenvalue weighted by atomic mass is 15.2. The number of rotatable bonds is 3. The molecule has 0 bridgehead atoms. The summed E-state index contributed by atoms with van der Waals surface area (Å²) in [4.78, 5) is 6.33. The van der Waals surface area contributed by atoms with Gasteiger partial charge in [0.2, 0.25) is 0 Å². The summed E-state index contributed by atoms with van der Waals surface area (Å²) in [7, 11) is 0. The van der Waals surface area contributed by atoms with Crippen LogP contribution in [0, 0.1) is 13.8 Å². The quantitative estimate of drug-likeness (QED) is 0.753. The molecule has 3 heteroatoms. The number of fused-ring (bicyclic) bond motifs is 3. The lowest BCUT2D eigenvalue weighted by atomic mass is 9.93. The number of H-pyrrole nitrogens is 1. The summed E-state index contributed by atoms with van der Waals surface area (Å²) in [5.41, 5.74) is 8.48. The van der Waals surface area contributed by atoms with Gasteiger partial charge in [-0.15, -0.1) is 0 Å². The molecule has 2 aromatic carbocycles. The van der Waals surface area contributed by atoms with Gasteiger partial charge in [-0.2, -0.15) is 0 Å². The summed E-state index contributed by atoms with van der Waals surface area (Å²) < 4.78 is 0. The van der Waals surface area contributed by atoms with E-state index in [1.807, 2.05) is 0 Å². The van der Waals surface area contributed by atoms with Crippen LogP contribution >= 0.6 is 0 Å². The van der Waals surface area contributed by atoms with E-state index in [1.54, 1.807) is 0 Å². The Bertz CT molecular complexity index is 885. The Hall–Kier alpha value is -2.00. The number of nitrogens with one attached hydrogen (secondary N) is 2. The fourth-order valence-electron chi connectivity index (χ4n) is 4.28. The molecule has 0 atom stereocenters. The molecule has 0 spiro atoms. The summed E-state index contributed by atoms with van der Waals surface area (Å²) in [5, 5.41) is 6.26. The van der Waals surface area contributed by atoms with Crippen molar-refractivity contribution in [2.24, 2.45) is 0 Å². The van der Waals surface area contributed by atoms with Gasteiger partial charge in [-0.1, -0.05) is 31.5 Å². The van der Waals surface area contributed by atoms with Crippen molar-refractivity contribution in [1.82, 2.24) is 10.3 Å². The maximum Gasteiger partial charge on any atom is 0.0521 e. The molecule has 2 N–H and O–H groups in total. The van der Waals surface area contributed by atoms with E-state index < -0.39 is 0 Å². The highest BCUT2D eigenvalue weighted by molar-refractivity contribution is 6.12. The third kappa shape index (κ3) is 2.30. The smallest absolute Gasteiger partial charge is 0.0521 e. The van der Waals surface area contributed by atoms with E-state index in [2.05, 4.69) is 60.2 Å². The number of nitrogens with zero attached hydrogens (tertiary/aromatic N) is 1. The molecule has 1 saturated heterocycles. The van der Waals surface area contributed by atoms with E-state index in [9.17, 15) is 0 Å². The molecule has 1 aliphatic rings. The first-order chi connectivity index (χ1) is 11.7. The Labute approximate surface area is 144 Å². The maximum atomic E-state index is 3.74. The SMILES string of the molecule is CCCc1c(N2CCNCC2)c(C)c(C)c2c1[nH]c1ccccc12. The van der Waals surface area contributed by atoms with Crippen molar-refractivity contribution in [3.63, 3.8) is 0 Å². The predicted octanol–water partition coefficient (Wildman–Crippen LogP) is 4.30. The molecule has 24 heavy (non-hydrogen) atoms. The first-order valence-electron chi connectivity index (χ1n) is 9.20. The van der Waals surface area contributed by atoms with Crippen LogP contribution in [0.15, 0.2) is 24.3 Å². The van der Waals surface area contributed by atoms with Gasteiger partial charge in [-0.25, -0.2) is 0 Å². The second kappa shape index (κ2) is 6.14. The van der Waals surface area contributed by atoms with Crippen molar-refractivity contribution < 1.29 is 0 Å². The van der Waals surface area contributed by atoms with Gasteiger partial charge in [-0.3, -0.25) is 0 Å². The largest absolute Gasteiger partial charge is 0.368 e. The third-order valence-corrected chi connectivity index (χ3v) is 5.52. The fourth-order valence-corrected chi connectivity index (χ4v) is 4.28. The summed E-state index contributed by atoms with van der Waals surface area (Å²) in [5.74, 6) is 0. The molecule has 0 radical (unpaired) electrons. The van der Waals surface area contributed by atoms with Crippen LogP contribution in [-0.4, -0.2) is 31.2 Å². The molecule has 0 amide bonds. The Morgan fingerprint density at radius 2 is 1.79 bits per heavy atom. The normalized spacial score (nSPS) is 15.5. The first-order valence-corrected chi connectivity index (χ1v) is 9.20. The van der Waals surface area contributed by atoms with Crippen molar-refractivity contribution >= 4 is 27.5 Å². The Morgan fingerprint density at radius 1 is 1.04 bits per heavy atom. The molecule has 0 saturated carbocycles. The zero-order chi connectivity index (χ0) is 16.7. The predicted molar refractivity (Wildman–Crippen MR) is 104 cm³/mol. The highest BCUT2D eigenvalue weighted by Gasteiger charge is 2.22. The zero-order valence-electron chi connectivity index (χ0n) is 15.0. The van der Waals surface area contributed by atoms with E-state index >= 15 is 0 Å². The Morgan fingerprint density at radius 3 is 2.54 bits per heavy atom. The molecule has 4 rings (SSSR count). The number of benzene rings is 2. The lowest BCUT2D eigenvalue weighted by Crippen LogP contribution is -2.44. The molecule has 3 nitrogen and oxygen atoms in total. The van der Waals surface area contributed by atoms with Gasteiger partial charge in [0.15, 0.2) is 0 Å². The number of hydrogen-bond donors (Lipinski definition) is 2. The van der Waals surface area contributed by atoms with E-state index in [4.69, 9.17) is 0 Å².